The standard InChI is InChI=1S/C14H18N6O/c1-15-14-16-7-11(8-17-14)13(21)20-6-2-3-10(9-20)12-4-5-18-19-12/h4-5,7-8,10H,2-3,6,9H2,1H3,(H,18,19)(H,15,16,17)/t10-/m1/s1. The summed E-state index contributed by atoms with van der Waals surface area (Å²) in [6, 6.07) is 1.98. The first-order valence-corrected chi connectivity index (χ1v) is 7.06. The number of anilines is 1. The van der Waals surface area contributed by atoms with Crippen molar-refractivity contribution in [1.82, 2.24) is 25.1 Å². The maximum atomic E-state index is 12.5. The molecular formula is C14H18N6O. The quantitative estimate of drug-likeness (QED) is 0.887. The van der Waals surface area contributed by atoms with Crippen LogP contribution in [-0.4, -0.2) is 51.1 Å². The smallest absolute Gasteiger partial charge is 0.257 e. The van der Waals surface area contributed by atoms with E-state index in [9.17, 15) is 4.79 Å². The fourth-order valence-electron chi connectivity index (χ4n) is 2.66. The molecule has 1 fully saturated rings. The monoisotopic (exact) mass is 286 g/mol. The molecule has 0 aliphatic carbocycles. The molecule has 2 N–H and O–H groups in total. The predicted molar refractivity (Wildman–Crippen MR) is 78.0 cm³/mol. The third-order valence-electron chi connectivity index (χ3n) is 3.79. The highest BCUT2D eigenvalue weighted by atomic mass is 16.2. The number of nitrogens with one attached hydrogen (secondary N) is 2. The van der Waals surface area contributed by atoms with Crippen LogP contribution in [0.2, 0.25) is 0 Å². The van der Waals surface area contributed by atoms with Gasteiger partial charge >= 0.3 is 0 Å². The molecule has 3 heterocycles. The Kier molecular flexibility index (Phi) is 3.81. The molecule has 0 radical (unpaired) electrons. The van der Waals surface area contributed by atoms with Crippen LogP contribution in [0.4, 0.5) is 5.95 Å². The summed E-state index contributed by atoms with van der Waals surface area (Å²) in [5.74, 6) is 0.824. The fourth-order valence-corrected chi connectivity index (χ4v) is 2.66. The number of amides is 1. The number of H-pyrrole nitrogens is 1. The van der Waals surface area contributed by atoms with Gasteiger partial charge in [-0.15, -0.1) is 0 Å². The van der Waals surface area contributed by atoms with Crippen molar-refractivity contribution in [2.45, 2.75) is 18.8 Å². The number of piperidine rings is 1. The molecule has 21 heavy (non-hydrogen) atoms. The van der Waals surface area contributed by atoms with E-state index in [2.05, 4.69) is 25.5 Å². The molecule has 1 atom stereocenters. The van der Waals surface area contributed by atoms with E-state index in [0.29, 0.717) is 24.0 Å². The summed E-state index contributed by atoms with van der Waals surface area (Å²) in [6.45, 7) is 1.48. The molecule has 0 spiro atoms. The topological polar surface area (TPSA) is 86.8 Å². The fraction of sp³-hybridized carbons (Fsp3) is 0.429. The molecular weight excluding hydrogens is 268 g/mol. The van der Waals surface area contributed by atoms with Gasteiger partial charge < -0.3 is 10.2 Å². The lowest BCUT2D eigenvalue weighted by atomic mass is 9.94. The molecule has 2 aromatic heterocycles. The van der Waals surface area contributed by atoms with Crippen molar-refractivity contribution in [3.63, 3.8) is 0 Å². The lowest BCUT2D eigenvalue weighted by Gasteiger charge is -2.32. The molecule has 3 rings (SSSR count). The Morgan fingerprint density at radius 1 is 1.43 bits per heavy atom. The summed E-state index contributed by atoms with van der Waals surface area (Å²) in [5, 5.41) is 9.83. The Morgan fingerprint density at radius 3 is 2.90 bits per heavy atom. The van der Waals surface area contributed by atoms with Crippen molar-refractivity contribution in [2.24, 2.45) is 0 Å². The molecule has 1 saturated heterocycles. The number of hydrogen-bond acceptors (Lipinski definition) is 5. The second kappa shape index (κ2) is 5.90. The van der Waals surface area contributed by atoms with E-state index in [1.165, 1.54) is 0 Å². The molecule has 110 valence electrons. The highest BCUT2D eigenvalue weighted by Crippen LogP contribution is 2.26. The van der Waals surface area contributed by atoms with Gasteiger partial charge in [0.2, 0.25) is 5.95 Å². The minimum Gasteiger partial charge on any atom is -0.357 e. The van der Waals surface area contributed by atoms with Crippen LogP contribution in [-0.2, 0) is 0 Å². The Morgan fingerprint density at radius 2 is 2.24 bits per heavy atom. The minimum absolute atomic E-state index is 0.0122. The normalized spacial score (nSPS) is 18.5. The zero-order chi connectivity index (χ0) is 14.7. The summed E-state index contributed by atoms with van der Waals surface area (Å²) >= 11 is 0. The summed E-state index contributed by atoms with van der Waals surface area (Å²) in [7, 11) is 1.75. The van der Waals surface area contributed by atoms with E-state index in [1.807, 2.05) is 11.0 Å². The first-order chi connectivity index (χ1) is 10.3. The van der Waals surface area contributed by atoms with Crippen molar-refractivity contribution in [2.75, 3.05) is 25.5 Å². The van der Waals surface area contributed by atoms with E-state index in [1.54, 1.807) is 25.6 Å². The molecule has 7 nitrogen and oxygen atoms in total. The maximum Gasteiger partial charge on any atom is 0.257 e. The summed E-state index contributed by atoms with van der Waals surface area (Å²) in [6.07, 6.45) is 6.95. The Hall–Kier alpha value is -2.44. The van der Waals surface area contributed by atoms with Crippen LogP contribution in [0.5, 0.6) is 0 Å². The van der Waals surface area contributed by atoms with Crippen LogP contribution < -0.4 is 5.32 Å². The Bertz CT molecular complexity index is 594. The van der Waals surface area contributed by atoms with Gasteiger partial charge in [0, 0.05) is 50.3 Å². The van der Waals surface area contributed by atoms with Crippen LogP contribution in [0, 0.1) is 0 Å². The number of carbonyl (C=O) groups excluding carboxylic acids is 1. The van der Waals surface area contributed by atoms with E-state index in [4.69, 9.17) is 0 Å². The molecule has 0 bridgehead atoms. The number of nitrogens with zero attached hydrogens (tertiary/aromatic N) is 4. The largest absolute Gasteiger partial charge is 0.357 e. The van der Waals surface area contributed by atoms with Gasteiger partial charge in [-0.05, 0) is 18.9 Å². The molecule has 1 aliphatic rings. The molecule has 0 saturated carbocycles. The van der Waals surface area contributed by atoms with Gasteiger partial charge in [0.1, 0.15) is 0 Å². The van der Waals surface area contributed by atoms with Gasteiger partial charge in [-0.25, -0.2) is 9.97 Å². The van der Waals surface area contributed by atoms with Crippen LogP contribution in [0.3, 0.4) is 0 Å². The minimum atomic E-state index is -0.0122. The molecule has 7 heteroatoms. The average Bonchev–Trinajstić information content (AvgIpc) is 3.09. The van der Waals surface area contributed by atoms with Gasteiger partial charge in [0.25, 0.3) is 5.91 Å². The summed E-state index contributed by atoms with van der Waals surface area (Å²) < 4.78 is 0. The number of aromatic nitrogens is 4. The van der Waals surface area contributed by atoms with Crippen LogP contribution in [0.25, 0.3) is 0 Å². The second-order valence-corrected chi connectivity index (χ2v) is 5.15. The van der Waals surface area contributed by atoms with Gasteiger partial charge in [-0.1, -0.05) is 0 Å². The summed E-state index contributed by atoms with van der Waals surface area (Å²) in [5.41, 5.74) is 1.62. The second-order valence-electron chi connectivity index (χ2n) is 5.15. The number of hydrogen-bond donors (Lipinski definition) is 2. The van der Waals surface area contributed by atoms with Crippen molar-refractivity contribution < 1.29 is 4.79 Å². The highest BCUT2D eigenvalue weighted by molar-refractivity contribution is 5.93. The van der Waals surface area contributed by atoms with Gasteiger partial charge in [0.05, 0.1) is 5.56 Å². The van der Waals surface area contributed by atoms with Crippen LogP contribution in [0.1, 0.15) is 34.8 Å². The number of likely N-dealkylation sites (tertiary alicyclic amines) is 1. The lowest BCUT2D eigenvalue weighted by Crippen LogP contribution is -2.39. The van der Waals surface area contributed by atoms with Gasteiger partial charge in [-0.2, -0.15) is 5.10 Å². The van der Waals surface area contributed by atoms with Crippen molar-refractivity contribution >= 4 is 11.9 Å². The van der Waals surface area contributed by atoms with Crippen molar-refractivity contribution in [1.29, 1.82) is 0 Å². The van der Waals surface area contributed by atoms with E-state index in [0.717, 1.165) is 25.1 Å². The van der Waals surface area contributed by atoms with Gasteiger partial charge in [0.15, 0.2) is 0 Å². The molecule has 0 unspecified atom stereocenters. The van der Waals surface area contributed by atoms with Crippen molar-refractivity contribution in [3.05, 3.63) is 35.9 Å². The SMILES string of the molecule is CNc1ncc(C(=O)N2CCC[C@@H](c3ccn[nH]3)C2)cn1. The zero-order valence-electron chi connectivity index (χ0n) is 11.9. The number of rotatable bonds is 3. The third kappa shape index (κ3) is 2.86. The third-order valence-corrected chi connectivity index (χ3v) is 3.79. The molecule has 1 amide bonds. The molecule has 1 aliphatic heterocycles. The number of carbonyl (C=O) groups is 1. The zero-order valence-corrected chi connectivity index (χ0v) is 11.9. The van der Waals surface area contributed by atoms with E-state index < -0.39 is 0 Å². The maximum absolute atomic E-state index is 12.5. The highest BCUT2D eigenvalue weighted by Gasteiger charge is 2.26. The van der Waals surface area contributed by atoms with Crippen LogP contribution >= 0.6 is 0 Å². The average molecular weight is 286 g/mol. The van der Waals surface area contributed by atoms with Crippen LogP contribution in [0.15, 0.2) is 24.7 Å². The molecule has 2 aromatic rings. The lowest BCUT2D eigenvalue weighted by molar-refractivity contribution is 0.0705. The van der Waals surface area contributed by atoms with E-state index >= 15 is 0 Å². The molecule has 0 aromatic carbocycles. The van der Waals surface area contributed by atoms with Gasteiger partial charge in [-0.3, -0.25) is 9.89 Å². The predicted octanol–water partition coefficient (Wildman–Crippen LogP) is 1.26. The first kappa shape index (κ1) is 13.5. The Balaban J connectivity index is 1.71. The van der Waals surface area contributed by atoms with E-state index in [-0.39, 0.29) is 5.91 Å². The Labute approximate surface area is 122 Å². The number of aromatic amines is 1. The first-order valence-electron chi connectivity index (χ1n) is 7.06. The summed E-state index contributed by atoms with van der Waals surface area (Å²) in [4.78, 5) is 22.6. The van der Waals surface area contributed by atoms with Crippen molar-refractivity contribution in [3.8, 4) is 0 Å².